The van der Waals surface area contributed by atoms with Gasteiger partial charge in [-0.3, -0.25) is 19.8 Å². The molecule has 0 bridgehead atoms. The van der Waals surface area contributed by atoms with Gasteiger partial charge in [0, 0.05) is 15.8 Å². The number of alkyl halides is 1. The average molecular weight is 943 g/mol. The van der Waals surface area contributed by atoms with Crippen molar-refractivity contribution in [1.29, 1.82) is 0 Å². The number of rotatable bonds is 13. The van der Waals surface area contributed by atoms with Crippen LogP contribution in [0.1, 0.15) is 54.0 Å². The highest BCUT2D eigenvalue weighted by Gasteiger charge is 2.54. The van der Waals surface area contributed by atoms with Crippen molar-refractivity contribution in [3.05, 3.63) is 86.4 Å². The Morgan fingerprint density at radius 2 is 1.77 bits per heavy atom. The molecule has 0 aromatic heterocycles. The van der Waals surface area contributed by atoms with Gasteiger partial charge in [0.2, 0.25) is 6.10 Å². The maximum Gasteiger partial charge on any atom is 0.412 e. The molecule has 1 aromatic rings. The molecule has 18 heteroatoms. The normalized spacial score (nSPS) is 19.3. The number of carbonyl (C=O) groups is 5. The van der Waals surface area contributed by atoms with Crippen LogP contribution in [0.3, 0.4) is 0 Å². The minimum atomic E-state index is -1.23. The predicted octanol–water partition coefficient (Wildman–Crippen LogP) is 6.61. The molecule has 3 atom stereocenters. The molecule has 56 heavy (non-hydrogen) atoms. The van der Waals surface area contributed by atoms with Gasteiger partial charge in [-0.05, 0) is 77.8 Å². The van der Waals surface area contributed by atoms with Crippen LogP contribution in [0, 0.1) is 0 Å². The third-order valence-corrected chi connectivity index (χ3v) is 10.6. The van der Waals surface area contributed by atoms with E-state index in [1.165, 1.54) is 35.7 Å². The van der Waals surface area contributed by atoms with Gasteiger partial charge < -0.3 is 29.1 Å². The Bertz CT molecular complexity index is 1900. The SMILES string of the molecule is COc1ccc(COC(=O)C2=C(/C=C/CI)CSC3[C@H](NC(=O)/C(=N\O[C@@H](C)C(=O)OC(C)(C)C)C4=C(Cl)SC(NC(=O)OC(C)(C)C)=CC=C4)C(=O)N23)cc1. The Balaban J connectivity index is 1.58. The molecule has 0 saturated carbocycles. The number of thioether (sulfide) groups is 2. The number of halogens is 2. The summed E-state index contributed by atoms with van der Waals surface area (Å²) in [6.45, 7) is 11.6. The fraction of sp³-hybridized carbons (Fsp3) is 0.421. The van der Waals surface area contributed by atoms with Gasteiger partial charge in [0.1, 0.15) is 40.7 Å². The van der Waals surface area contributed by atoms with E-state index in [1.54, 1.807) is 85.1 Å². The Labute approximate surface area is 353 Å². The van der Waals surface area contributed by atoms with Gasteiger partial charge in [-0.25, -0.2) is 14.4 Å². The zero-order chi connectivity index (χ0) is 41.4. The summed E-state index contributed by atoms with van der Waals surface area (Å²) in [7, 11) is 1.55. The van der Waals surface area contributed by atoms with Gasteiger partial charge in [0.05, 0.1) is 16.5 Å². The minimum absolute atomic E-state index is 0.00796. The Morgan fingerprint density at radius 1 is 1.09 bits per heavy atom. The summed E-state index contributed by atoms with van der Waals surface area (Å²) in [6, 6.07) is 5.96. The molecule has 2 N–H and O–H groups in total. The van der Waals surface area contributed by atoms with Crippen molar-refractivity contribution in [2.24, 2.45) is 5.16 Å². The third-order valence-electron chi connectivity index (χ3n) is 7.47. The number of alkyl carbamates (subject to hydrolysis) is 1. The maximum absolute atomic E-state index is 14.1. The number of β-lactam (4-membered cyclic amide) rings is 1. The van der Waals surface area contributed by atoms with E-state index in [1.807, 2.05) is 6.08 Å². The standard InChI is InChI=1S/C38H44ClIN4O10S2/c1-21(34(47)52-37(2,3)4)54-43-27(25-12-9-13-26(56-30(25)39)41-36(49)53-38(5,6)7)31(45)42-28-32(46)44-29(23(11-10-18-40)20-55-33(28)44)35(48)51-19-22-14-16-24(50-8)17-15-22/h9-17,21,28,33H,18-20H2,1-8H3,(H,41,49)(H,42,45)/b11-10+,43-27-/t21-,28+,33?/m0/s1. The first-order chi connectivity index (χ1) is 26.3. The maximum atomic E-state index is 14.1. The first-order valence-corrected chi connectivity index (χ1v) is 21.0. The highest BCUT2D eigenvalue weighted by atomic mass is 127. The molecular weight excluding hydrogens is 899 g/mol. The van der Waals surface area contributed by atoms with E-state index in [4.69, 9.17) is 35.4 Å². The quantitative estimate of drug-likeness (QED) is 0.0414. The summed E-state index contributed by atoms with van der Waals surface area (Å²) in [5, 5.41) is 9.01. The fourth-order valence-corrected chi connectivity index (χ4v) is 7.72. The Kier molecular flexibility index (Phi) is 15.6. The molecule has 4 rings (SSSR count). The summed E-state index contributed by atoms with van der Waals surface area (Å²) < 4.78 is 22.3. The van der Waals surface area contributed by atoms with Gasteiger partial charge in [0.15, 0.2) is 5.71 Å². The second kappa shape index (κ2) is 19.5. The van der Waals surface area contributed by atoms with Crippen LogP contribution in [-0.2, 0) is 44.8 Å². The highest BCUT2D eigenvalue weighted by molar-refractivity contribution is 14.1. The van der Waals surface area contributed by atoms with Gasteiger partial charge >= 0.3 is 18.0 Å². The number of oxime groups is 1. The smallest absolute Gasteiger partial charge is 0.412 e. The van der Waals surface area contributed by atoms with E-state index in [2.05, 4.69) is 38.4 Å². The molecule has 0 spiro atoms. The third kappa shape index (κ3) is 12.3. The van der Waals surface area contributed by atoms with Crippen LogP contribution in [0.2, 0.25) is 0 Å². The van der Waals surface area contributed by atoms with Crippen molar-refractivity contribution >= 4 is 93.3 Å². The summed E-state index contributed by atoms with van der Waals surface area (Å²) in [6.07, 6.45) is 6.24. The molecular formula is C38H44ClIN4O10S2. The first-order valence-electron chi connectivity index (χ1n) is 17.3. The lowest BCUT2D eigenvalue weighted by Gasteiger charge is -2.49. The van der Waals surface area contributed by atoms with Crippen molar-refractivity contribution in [3.63, 3.8) is 0 Å². The monoisotopic (exact) mass is 942 g/mol. The molecule has 1 saturated heterocycles. The Morgan fingerprint density at radius 3 is 2.39 bits per heavy atom. The summed E-state index contributed by atoms with van der Waals surface area (Å²) in [5.74, 6) is -1.82. The number of nitrogens with one attached hydrogen (secondary N) is 2. The number of methoxy groups -OCH3 is 1. The largest absolute Gasteiger partial charge is 0.497 e. The van der Waals surface area contributed by atoms with Gasteiger partial charge in [-0.15, -0.1) is 11.8 Å². The minimum Gasteiger partial charge on any atom is -0.497 e. The van der Waals surface area contributed by atoms with Gasteiger partial charge in [-0.1, -0.05) is 87.5 Å². The number of carbonyl (C=O) groups excluding carboxylic acids is 5. The summed E-state index contributed by atoms with van der Waals surface area (Å²) in [5.41, 5.74) is -0.453. The number of allylic oxidation sites excluding steroid dienone is 5. The number of esters is 2. The lowest BCUT2D eigenvalue weighted by molar-refractivity contribution is -0.167. The molecule has 3 heterocycles. The lowest BCUT2D eigenvalue weighted by atomic mass is 10.0. The van der Waals surface area contributed by atoms with Crippen molar-refractivity contribution in [3.8, 4) is 5.75 Å². The molecule has 14 nitrogen and oxygen atoms in total. The van der Waals surface area contributed by atoms with Crippen LogP contribution in [0.25, 0.3) is 0 Å². The van der Waals surface area contributed by atoms with E-state index in [0.29, 0.717) is 21.5 Å². The number of benzene rings is 1. The molecule has 3 amide bonds. The topological polar surface area (TPSA) is 171 Å². The van der Waals surface area contributed by atoms with Gasteiger partial charge in [0.25, 0.3) is 11.8 Å². The number of nitrogens with zero attached hydrogens (tertiary/aromatic N) is 2. The Hall–Kier alpha value is -3.94. The van der Waals surface area contributed by atoms with Crippen molar-refractivity contribution in [2.45, 2.75) is 83.8 Å². The highest BCUT2D eigenvalue weighted by Crippen LogP contribution is 2.41. The zero-order valence-electron chi connectivity index (χ0n) is 32.1. The van der Waals surface area contributed by atoms with E-state index in [-0.39, 0.29) is 33.0 Å². The first kappa shape index (κ1) is 44.8. The molecule has 1 unspecified atom stereocenters. The van der Waals surface area contributed by atoms with E-state index in [0.717, 1.165) is 17.3 Å². The summed E-state index contributed by atoms with van der Waals surface area (Å²) >= 11 is 11.2. The van der Waals surface area contributed by atoms with Crippen molar-refractivity contribution in [2.75, 3.05) is 17.3 Å². The van der Waals surface area contributed by atoms with E-state index < -0.39 is 58.6 Å². The van der Waals surface area contributed by atoms with Crippen LogP contribution in [0.15, 0.2) is 86.0 Å². The molecule has 1 fully saturated rings. The molecule has 302 valence electrons. The molecule has 0 radical (unpaired) electrons. The molecule has 3 aliphatic rings. The van der Waals surface area contributed by atoms with Crippen LogP contribution in [0.5, 0.6) is 5.75 Å². The fourth-order valence-electron chi connectivity index (χ4n) is 4.99. The second-order valence-electron chi connectivity index (χ2n) is 14.2. The molecule has 3 aliphatic heterocycles. The summed E-state index contributed by atoms with van der Waals surface area (Å²) in [4.78, 5) is 73.5. The van der Waals surface area contributed by atoms with Crippen molar-refractivity contribution < 1.29 is 47.8 Å². The number of ether oxygens (including phenoxy) is 4. The van der Waals surface area contributed by atoms with Crippen LogP contribution >= 0.6 is 57.7 Å². The number of amides is 3. The lowest BCUT2D eigenvalue weighted by Crippen LogP contribution is -2.71. The molecule has 1 aromatic carbocycles. The average Bonchev–Trinajstić information content (AvgIpc) is 3.30. The van der Waals surface area contributed by atoms with Gasteiger partial charge in [-0.2, -0.15) is 0 Å². The van der Waals surface area contributed by atoms with E-state index >= 15 is 0 Å². The second-order valence-corrected chi connectivity index (χ2v) is 17.9. The molecule has 0 aliphatic carbocycles. The number of hydrogen-bond acceptors (Lipinski definition) is 13. The van der Waals surface area contributed by atoms with Crippen LogP contribution < -0.4 is 15.4 Å². The van der Waals surface area contributed by atoms with E-state index in [9.17, 15) is 24.0 Å². The predicted molar refractivity (Wildman–Crippen MR) is 224 cm³/mol. The van der Waals surface area contributed by atoms with Crippen molar-refractivity contribution in [1.82, 2.24) is 15.5 Å². The number of fused-ring (bicyclic) bond motifs is 1. The van der Waals surface area contributed by atoms with Crippen LogP contribution in [0.4, 0.5) is 4.79 Å². The van der Waals surface area contributed by atoms with Crippen LogP contribution in [-0.4, -0.2) is 86.5 Å². The number of hydrogen-bond donors (Lipinski definition) is 2. The zero-order valence-corrected chi connectivity index (χ0v) is 36.6.